The van der Waals surface area contributed by atoms with Crippen LogP contribution in [0.1, 0.15) is 5.56 Å². The number of rotatable bonds is 3. The van der Waals surface area contributed by atoms with Crippen LogP contribution < -0.4 is 14.2 Å². The van der Waals surface area contributed by atoms with Gasteiger partial charge in [0.05, 0.1) is 6.54 Å². The van der Waals surface area contributed by atoms with Crippen LogP contribution >= 0.6 is 0 Å². The molecule has 6 heteroatoms. The normalized spacial score (nSPS) is 18.8. The van der Waals surface area contributed by atoms with E-state index in [1.807, 2.05) is 25.1 Å². The van der Waals surface area contributed by atoms with Gasteiger partial charge in [0.25, 0.3) is 0 Å². The van der Waals surface area contributed by atoms with E-state index in [0.717, 1.165) is 5.56 Å². The molecule has 5 nitrogen and oxygen atoms in total. The van der Waals surface area contributed by atoms with Crippen molar-refractivity contribution in [1.29, 1.82) is 0 Å². The molecular formula is C10H13NO4S. The zero-order chi connectivity index (χ0) is 11.5. The lowest BCUT2D eigenvalue weighted by Crippen LogP contribution is -2.38. The van der Waals surface area contributed by atoms with Crippen molar-refractivity contribution in [2.45, 2.75) is 13.0 Å². The third kappa shape index (κ3) is 2.65. The molecule has 0 unspecified atom stereocenters. The van der Waals surface area contributed by atoms with Crippen molar-refractivity contribution in [3.63, 3.8) is 0 Å². The van der Waals surface area contributed by atoms with Crippen LogP contribution in [-0.2, 0) is 10.9 Å². The van der Waals surface area contributed by atoms with Crippen LogP contribution in [0.2, 0.25) is 0 Å². The monoisotopic (exact) mass is 243 g/mol. The molecule has 0 amide bonds. The van der Waals surface area contributed by atoms with Crippen LogP contribution in [0.15, 0.2) is 18.2 Å². The molecule has 0 radical (unpaired) electrons. The van der Waals surface area contributed by atoms with Gasteiger partial charge >= 0.3 is 0 Å². The molecule has 1 atom stereocenters. The molecule has 1 aliphatic heterocycles. The Morgan fingerprint density at radius 3 is 3.00 bits per heavy atom. The molecule has 0 spiro atoms. The molecular weight excluding hydrogens is 230 g/mol. The van der Waals surface area contributed by atoms with E-state index in [1.54, 1.807) is 0 Å². The van der Waals surface area contributed by atoms with Crippen molar-refractivity contribution in [2.24, 2.45) is 0 Å². The number of ether oxygens (including phenoxy) is 2. The number of nitrogens with one attached hydrogen (secondary N) is 1. The van der Waals surface area contributed by atoms with E-state index < -0.39 is 10.9 Å². The second-order valence-corrected chi connectivity index (χ2v) is 4.45. The van der Waals surface area contributed by atoms with Crippen molar-refractivity contribution in [3.05, 3.63) is 23.8 Å². The molecule has 16 heavy (non-hydrogen) atoms. The largest absolute Gasteiger partial charge is 0.486 e. The Bertz CT molecular complexity index is 450. The molecule has 88 valence electrons. The smallest absolute Gasteiger partial charge is 0.201 e. The van der Waals surface area contributed by atoms with E-state index in [2.05, 4.69) is 4.72 Å². The third-order valence-corrected chi connectivity index (χ3v) is 2.71. The second-order valence-electron chi connectivity index (χ2n) is 3.62. The summed E-state index contributed by atoms with van der Waals surface area (Å²) in [6.07, 6.45) is -0.276. The van der Waals surface area contributed by atoms with Crippen molar-refractivity contribution in [2.75, 3.05) is 13.2 Å². The topological polar surface area (TPSA) is 64.6 Å². The minimum Gasteiger partial charge on any atom is -0.486 e. The van der Waals surface area contributed by atoms with E-state index in [-0.39, 0.29) is 12.6 Å². The summed E-state index contributed by atoms with van der Waals surface area (Å²) >= 11 is 0. The number of aryl methyl sites for hydroxylation is 1. The Kier molecular flexibility index (Phi) is 3.31. The first-order valence-corrected chi connectivity index (χ1v) is 6.11. The zero-order valence-corrected chi connectivity index (χ0v) is 9.70. The van der Waals surface area contributed by atoms with Gasteiger partial charge in [-0.05, 0) is 24.6 Å². The molecule has 0 bridgehead atoms. The Morgan fingerprint density at radius 2 is 2.25 bits per heavy atom. The van der Waals surface area contributed by atoms with Crippen LogP contribution in [0.5, 0.6) is 11.5 Å². The maximum Gasteiger partial charge on any atom is 0.201 e. The highest BCUT2D eigenvalue weighted by atomic mass is 32.2. The van der Waals surface area contributed by atoms with Gasteiger partial charge in [-0.2, -0.15) is 0 Å². The SMILES string of the molecule is Cc1ccc2c(c1)O[C@@H](CN[SH](=O)=O)CO2. The average molecular weight is 243 g/mol. The lowest BCUT2D eigenvalue weighted by atomic mass is 10.2. The predicted octanol–water partition coefficient (Wildman–Crippen LogP) is 0.251. The van der Waals surface area contributed by atoms with E-state index in [4.69, 9.17) is 9.47 Å². The van der Waals surface area contributed by atoms with Crippen LogP contribution in [0, 0.1) is 6.92 Å². The molecule has 0 aromatic heterocycles. The number of hydrogen-bond acceptors (Lipinski definition) is 4. The summed E-state index contributed by atoms with van der Waals surface area (Å²) in [5.41, 5.74) is 1.07. The van der Waals surface area contributed by atoms with Crippen molar-refractivity contribution >= 4 is 10.9 Å². The lowest BCUT2D eigenvalue weighted by molar-refractivity contribution is 0.0943. The minimum atomic E-state index is -2.58. The van der Waals surface area contributed by atoms with Gasteiger partial charge in [0.1, 0.15) is 12.7 Å². The number of hydrogen-bond donors (Lipinski definition) is 2. The maximum atomic E-state index is 10.4. The fourth-order valence-corrected chi connectivity index (χ4v) is 1.85. The second kappa shape index (κ2) is 4.71. The quantitative estimate of drug-likeness (QED) is 0.747. The molecule has 1 N–H and O–H groups in total. The molecule has 1 heterocycles. The van der Waals surface area contributed by atoms with Crippen molar-refractivity contribution in [3.8, 4) is 11.5 Å². The molecule has 1 aromatic carbocycles. The fourth-order valence-electron chi connectivity index (χ4n) is 1.50. The molecule has 1 aromatic rings. The maximum absolute atomic E-state index is 10.4. The van der Waals surface area contributed by atoms with Gasteiger partial charge in [0, 0.05) is 0 Å². The molecule has 0 saturated carbocycles. The summed E-state index contributed by atoms with van der Waals surface area (Å²) < 4.78 is 34.1. The van der Waals surface area contributed by atoms with Gasteiger partial charge in [-0.1, -0.05) is 6.07 Å². The Labute approximate surface area is 95.5 Å². The Morgan fingerprint density at radius 1 is 1.44 bits per heavy atom. The van der Waals surface area contributed by atoms with Gasteiger partial charge in [-0.15, -0.1) is 0 Å². The summed E-state index contributed by atoms with van der Waals surface area (Å²) in [7, 11) is -2.58. The minimum absolute atomic E-state index is 0.228. The molecule has 0 saturated heterocycles. The van der Waals surface area contributed by atoms with Gasteiger partial charge in [-0.25, -0.2) is 13.1 Å². The highest BCUT2D eigenvalue weighted by molar-refractivity contribution is 7.70. The summed E-state index contributed by atoms with van der Waals surface area (Å²) in [6.45, 7) is 2.54. The standard InChI is InChI=1S/C10H13NO4S/c1-7-2-3-9-10(4-7)15-8(6-14-9)5-11-16(12)13/h2-4,8,16H,5-6H2,1H3,(H,11,12,13)/t8-/m0/s1. The Balaban J connectivity index is 2.05. The summed E-state index contributed by atoms with van der Waals surface area (Å²) in [5.74, 6) is 1.37. The molecule has 0 aliphatic carbocycles. The van der Waals surface area contributed by atoms with E-state index in [9.17, 15) is 8.42 Å². The molecule has 0 fully saturated rings. The predicted molar refractivity (Wildman–Crippen MR) is 59.4 cm³/mol. The van der Waals surface area contributed by atoms with Crippen LogP contribution in [0.3, 0.4) is 0 Å². The number of benzene rings is 1. The van der Waals surface area contributed by atoms with Crippen molar-refractivity contribution in [1.82, 2.24) is 4.72 Å². The summed E-state index contributed by atoms with van der Waals surface area (Å²) in [6, 6.07) is 5.66. The van der Waals surface area contributed by atoms with Gasteiger partial charge in [0.2, 0.25) is 10.9 Å². The van der Waals surface area contributed by atoms with Gasteiger partial charge in [0.15, 0.2) is 11.5 Å². The van der Waals surface area contributed by atoms with Crippen LogP contribution in [0.4, 0.5) is 0 Å². The summed E-state index contributed by atoms with van der Waals surface area (Å²) in [4.78, 5) is 0. The highest BCUT2D eigenvalue weighted by Crippen LogP contribution is 2.32. The fraction of sp³-hybridized carbons (Fsp3) is 0.400. The first-order chi connectivity index (χ1) is 7.65. The highest BCUT2D eigenvalue weighted by Gasteiger charge is 2.20. The first kappa shape index (κ1) is 11.2. The molecule has 2 rings (SSSR count). The number of fused-ring (bicyclic) bond motifs is 1. The van der Waals surface area contributed by atoms with E-state index in [0.29, 0.717) is 18.1 Å². The molecule has 1 aliphatic rings. The van der Waals surface area contributed by atoms with Crippen molar-refractivity contribution < 1.29 is 17.9 Å². The van der Waals surface area contributed by atoms with Crippen LogP contribution in [-0.4, -0.2) is 27.7 Å². The van der Waals surface area contributed by atoms with Crippen LogP contribution in [0.25, 0.3) is 0 Å². The van der Waals surface area contributed by atoms with E-state index in [1.165, 1.54) is 0 Å². The van der Waals surface area contributed by atoms with Gasteiger partial charge < -0.3 is 9.47 Å². The van der Waals surface area contributed by atoms with Gasteiger partial charge in [-0.3, -0.25) is 0 Å². The number of thiol groups is 1. The average Bonchev–Trinajstić information content (AvgIpc) is 2.25. The first-order valence-electron chi connectivity index (χ1n) is 4.93. The summed E-state index contributed by atoms with van der Waals surface area (Å²) in [5, 5.41) is 0. The Hall–Kier alpha value is -1.27. The van der Waals surface area contributed by atoms with E-state index >= 15 is 0 Å². The lowest BCUT2D eigenvalue weighted by Gasteiger charge is -2.26. The zero-order valence-electron chi connectivity index (χ0n) is 8.80. The third-order valence-electron chi connectivity index (χ3n) is 2.27.